The first-order valence-electron chi connectivity index (χ1n) is 9.60. The number of carbonyl (C=O) groups excluding carboxylic acids is 2. The van der Waals surface area contributed by atoms with E-state index in [9.17, 15) is 9.59 Å². The lowest BCUT2D eigenvalue weighted by Gasteiger charge is -2.37. The van der Waals surface area contributed by atoms with Crippen LogP contribution in [0.3, 0.4) is 0 Å². The SMILES string of the molecule is O=C([C@@H]1CC(=O)N(C2CCCC2)C1)N1CCN(c2ccccc2)CC1. The van der Waals surface area contributed by atoms with E-state index in [2.05, 4.69) is 29.2 Å². The summed E-state index contributed by atoms with van der Waals surface area (Å²) < 4.78 is 0. The molecule has 1 aliphatic carbocycles. The smallest absolute Gasteiger partial charge is 0.228 e. The molecule has 0 bridgehead atoms. The van der Waals surface area contributed by atoms with Gasteiger partial charge >= 0.3 is 0 Å². The monoisotopic (exact) mass is 341 g/mol. The summed E-state index contributed by atoms with van der Waals surface area (Å²) in [6.07, 6.45) is 5.07. The number of rotatable bonds is 3. The normalized spacial score (nSPS) is 25.0. The number of hydrogen-bond donors (Lipinski definition) is 0. The van der Waals surface area contributed by atoms with Crippen molar-refractivity contribution in [1.29, 1.82) is 0 Å². The third-order valence-corrected chi connectivity index (χ3v) is 5.99. The Morgan fingerprint density at radius 2 is 1.64 bits per heavy atom. The maximum absolute atomic E-state index is 12.9. The highest BCUT2D eigenvalue weighted by atomic mass is 16.2. The van der Waals surface area contributed by atoms with Crippen molar-refractivity contribution in [1.82, 2.24) is 9.80 Å². The van der Waals surface area contributed by atoms with Gasteiger partial charge in [-0.05, 0) is 25.0 Å². The van der Waals surface area contributed by atoms with E-state index in [0.717, 1.165) is 39.0 Å². The van der Waals surface area contributed by atoms with Crippen molar-refractivity contribution >= 4 is 17.5 Å². The molecular weight excluding hydrogens is 314 g/mol. The van der Waals surface area contributed by atoms with E-state index in [-0.39, 0.29) is 17.7 Å². The number of nitrogens with zero attached hydrogens (tertiary/aromatic N) is 3. The minimum atomic E-state index is -0.128. The molecule has 0 spiro atoms. The first-order valence-corrected chi connectivity index (χ1v) is 9.60. The van der Waals surface area contributed by atoms with Crippen molar-refractivity contribution in [3.8, 4) is 0 Å². The van der Waals surface area contributed by atoms with Gasteiger partial charge in [0.1, 0.15) is 0 Å². The molecule has 1 aromatic rings. The maximum Gasteiger partial charge on any atom is 0.228 e. The lowest BCUT2D eigenvalue weighted by atomic mass is 10.1. The summed E-state index contributed by atoms with van der Waals surface area (Å²) in [6.45, 7) is 3.87. The van der Waals surface area contributed by atoms with Gasteiger partial charge in [0.15, 0.2) is 0 Å². The molecule has 2 saturated heterocycles. The molecule has 2 aliphatic heterocycles. The summed E-state index contributed by atoms with van der Waals surface area (Å²) in [5.41, 5.74) is 1.22. The number of carbonyl (C=O) groups is 2. The number of piperazine rings is 1. The zero-order valence-corrected chi connectivity index (χ0v) is 14.8. The van der Waals surface area contributed by atoms with Crippen LogP contribution in [0.25, 0.3) is 0 Å². The topological polar surface area (TPSA) is 43.9 Å². The molecule has 0 unspecified atom stereocenters. The molecule has 2 amide bonds. The van der Waals surface area contributed by atoms with Crippen molar-refractivity contribution in [3.05, 3.63) is 30.3 Å². The lowest BCUT2D eigenvalue weighted by molar-refractivity contribution is -0.136. The van der Waals surface area contributed by atoms with Gasteiger partial charge in [0.25, 0.3) is 0 Å². The summed E-state index contributed by atoms with van der Waals surface area (Å²) in [6, 6.07) is 10.7. The van der Waals surface area contributed by atoms with E-state index < -0.39 is 0 Å². The van der Waals surface area contributed by atoms with Gasteiger partial charge in [-0.1, -0.05) is 31.0 Å². The third-order valence-electron chi connectivity index (χ3n) is 5.99. The largest absolute Gasteiger partial charge is 0.368 e. The standard InChI is InChI=1S/C20H27N3O2/c24-19-14-16(15-23(19)18-8-4-5-9-18)20(25)22-12-10-21(11-13-22)17-6-2-1-3-7-17/h1-3,6-7,16,18H,4-5,8-15H2/t16-/m1/s1. The molecule has 1 aromatic carbocycles. The maximum atomic E-state index is 12.9. The fourth-order valence-electron chi connectivity index (χ4n) is 4.55. The number of amides is 2. The van der Waals surface area contributed by atoms with E-state index in [1.165, 1.54) is 18.5 Å². The Labute approximate surface area is 149 Å². The molecule has 134 valence electrons. The number of likely N-dealkylation sites (tertiary alicyclic amines) is 1. The van der Waals surface area contributed by atoms with Crippen molar-refractivity contribution in [2.45, 2.75) is 38.1 Å². The number of para-hydroxylation sites is 1. The van der Waals surface area contributed by atoms with Crippen LogP contribution in [0.4, 0.5) is 5.69 Å². The van der Waals surface area contributed by atoms with Crippen LogP contribution in [0.1, 0.15) is 32.1 Å². The highest BCUT2D eigenvalue weighted by Gasteiger charge is 2.40. The van der Waals surface area contributed by atoms with Gasteiger partial charge in [0.2, 0.25) is 11.8 Å². The van der Waals surface area contributed by atoms with Crippen molar-refractivity contribution in [2.24, 2.45) is 5.92 Å². The number of hydrogen-bond acceptors (Lipinski definition) is 3. The molecule has 0 N–H and O–H groups in total. The van der Waals surface area contributed by atoms with E-state index in [4.69, 9.17) is 0 Å². The summed E-state index contributed by atoms with van der Waals surface area (Å²) >= 11 is 0. The molecular formula is C20H27N3O2. The highest BCUT2D eigenvalue weighted by molar-refractivity contribution is 5.89. The average Bonchev–Trinajstić information content (AvgIpc) is 3.31. The Morgan fingerprint density at radius 3 is 2.32 bits per heavy atom. The molecule has 0 aromatic heterocycles. The van der Waals surface area contributed by atoms with Crippen LogP contribution < -0.4 is 4.90 Å². The molecule has 5 nitrogen and oxygen atoms in total. The Balaban J connectivity index is 1.32. The van der Waals surface area contributed by atoms with Crippen LogP contribution in [0, 0.1) is 5.92 Å². The van der Waals surface area contributed by atoms with Gasteiger partial charge < -0.3 is 14.7 Å². The summed E-state index contributed by atoms with van der Waals surface area (Å²) in [5, 5.41) is 0. The van der Waals surface area contributed by atoms with Gasteiger partial charge in [0, 0.05) is 50.9 Å². The van der Waals surface area contributed by atoms with Crippen molar-refractivity contribution in [3.63, 3.8) is 0 Å². The van der Waals surface area contributed by atoms with Gasteiger partial charge in [-0.25, -0.2) is 0 Å². The van der Waals surface area contributed by atoms with Crippen LogP contribution in [-0.2, 0) is 9.59 Å². The van der Waals surface area contributed by atoms with E-state index in [0.29, 0.717) is 19.0 Å². The van der Waals surface area contributed by atoms with Crippen molar-refractivity contribution < 1.29 is 9.59 Å². The molecule has 1 saturated carbocycles. The van der Waals surface area contributed by atoms with Crippen LogP contribution in [0.2, 0.25) is 0 Å². The second kappa shape index (κ2) is 7.06. The Morgan fingerprint density at radius 1 is 0.960 bits per heavy atom. The fraction of sp³-hybridized carbons (Fsp3) is 0.600. The van der Waals surface area contributed by atoms with E-state index in [1.807, 2.05) is 15.9 Å². The second-order valence-electron chi connectivity index (χ2n) is 7.53. The average molecular weight is 341 g/mol. The van der Waals surface area contributed by atoms with Crippen LogP contribution in [-0.4, -0.2) is 60.4 Å². The summed E-state index contributed by atoms with van der Waals surface area (Å²) in [5.74, 6) is 0.242. The molecule has 3 fully saturated rings. The highest BCUT2D eigenvalue weighted by Crippen LogP contribution is 2.30. The van der Waals surface area contributed by atoms with E-state index >= 15 is 0 Å². The van der Waals surface area contributed by atoms with E-state index in [1.54, 1.807) is 0 Å². The second-order valence-corrected chi connectivity index (χ2v) is 7.53. The molecule has 4 rings (SSSR count). The fourth-order valence-corrected chi connectivity index (χ4v) is 4.55. The minimum absolute atomic E-state index is 0.128. The first kappa shape index (κ1) is 16.4. The predicted octanol–water partition coefficient (Wildman–Crippen LogP) is 2.13. The molecule has 5 heteroatoms. The summed E-state index contributed by atoms with van der Waals surface area (Å²) in [7, 11) is 0. The summed E-state index contributed by atoms with van der Waals surface area (Å²) in [4.78, 5) is 31.5. The molecule has 3 aliphatic rings. The molecule has 1 atom stereocenters. The molecule has 0 radical (unpaired) electrons. The third kappa shape index (κ3) is 3.37. The van der Waals surface area contributed by atoms with Gasteiger partial charge in [-0.2, -0.15) is 0 Å². The Hall–Kier alpha value is -2.04. The zero-order chi connectivity index (χ0) is 17.2. The van der Waals surface area contributed by atoms with Crippen LogP contribution >= 0.6 is 0 Å². The first-order chi connectivity index (χ1) is 12.2. The zero-order valence-electron chi connectivity index (χ0n) is 14.8. The van der Waals surface area contributed by atoms with Crippen LogP contribution in [0.5, 0.6) is 0 Å². The quantitative estimate of drug-likeness (QED) is 0.846. The predicted molar refractivity (Wildman–Crippen MR) is 97.3 cm³/mol. The van der Waals surface area contributed by atoms with Gasteiger partial charge in [-0.3, -0.25) is 9.59 Å². The minimum Gasteiger partial charge on any atom is -0.368 e. The van der Waals surface area contributed by atoms with Gasteiger partial charge in [0.05, 0.1) is 5.92 Å². The van der Waals surface area contributed by atoms with Crippen LogP contribution in [0.15, 0.2) is 30.3 Å². The molecule has 25 heavy (non-hydrogen) atoms. The molecule has 2 heterocycles. The number of anilines is 1. The Bertz CT molecular complexity index is 619. The lowest BCUT2D eigenvalue weighted by Crippen LogP contribution is -2.50. The number of benzene rings is 1. The van der Waals surface area contributed by atoms with Gasteiger partial charge in [-0.15, -0.1) is 0 Å². The van der Waals surface area contributed by atoms with Crippen molar-refractivity contribution in [2.75, 3.05) is 37.6 Å². The Kier molecular flexibility index (Phi) is 4.64.